The van der Waals surface area contributed by atoms with Gasteiger partial charge in [-0.15, -0.1) is 0 Å². The van der Waals surface area contributed by atoms with E-state index in [2.05, 4.69) is 5.32 Å². The van der Waals surface area contributed by atoms with Gasteiger partial charge < -0.3 is 25.3 Å². The van der Waals surface area contributed by atoms with Crippen LogP contribution in [0.5, 0.6) is 17.2 Å². The Morgan fingerprint density at radius 1 is 1.03 bits per heavy atom. The van der Waals surface area contributed by atoms with E-state index >= 15 is 13.2 Å². The van der Waals surface area contributed by atoms with Gasteiger partial charge in [0.25, 0.3) is 0 Å². The molecule has 10 heteroatoms. The number of benzene rings is 3. The lowest BCUT2D eigenvalue weighted by Gasteiger charge is -2.35. The lowest BCUT2D eigenvalue weighted by Crippen LogP contribution is -2.49. The molecular formula is C27H22ClF3N2O4. The maximum atomic E-state index is 16.0. The molecule has 3 aromatic rings. The number of primary amides is 1. The molecule has 0 aromatic heterocycles. The average molecular weight is 531 g/mol. The van der Waals surface area contributed by atoms with Crippen LogP contribution in [0.3, 0.4) is 0 Å². The number of nitrogens with two attached hydrogens (primary N) is 1. The Bertz CT molecular complexity index is 1430. The van der Waals surface area contributed by atoms with Gasteiger partial charge in [-0.2, -0.15) is 4.39 Å². The third-order valence-electron chi connectivity index (χ3n) is 7.28. The molecule has 2 atom stereocenters. The molecule has 0 bridgehead atoms. The number of hydrogen-bond donors (Lipinski definition) is 2. The van der Waals surface area contributed by atoms with E-state index in [1.807, 2.05) is 30.3 Å². The lowest BCUT2D eigenvalue weighted by atomic mass is 9.80. The van der Waals surface area contributed by atoms with Crippen molar-refractivity contribution >= 4 is 17.5 Å². The zero-order valence-corrected chi connectivity index (χ0v) is 20.3. The highest BCUT2D eigenvalue weighted by molar-refractivity contribution is 6.34. The van der Waals surface area contributed by atoms with Crippen LogP contribution in [0.2, 0.25) is 5.02 Å². The van der Waals surface area contributed by atoms with Crippen LogP contribution in [0, 0.1) is 17.5 Å². The van der Waals surface area contributed by atoms with Gasteiger partial charge in [-0.25, -0.2) is 8.78 Å². The molecule has 3 aliphatic heterocycles. The van der Waals surface area contributed by atoms with Gasteiger partial charge in [0.15, 0.2) is 34.5 Å². The number of amides is 1. The summed E-state index contributed by atoms with van der Waals surface area (Å²) in [5, 5.41) is 2.72. The molecule has 37 heavy (non-hydrogen) atoms. The summed E-state index contributed by atoms with van der Waals surface area (Å²) in [5.74, 6) is -5.34. The summed E-state index contributed by atoms with van der Waals surface area (Å²) in [4.78, 5) is 12.5. The minimum absolute atomic E-state index is 0.0123. The van der Waals surface area contributed by atoms with E-state index in [-0.39, 0.29) is 65.2 Å². The predicted molar refractivity (Wildman–Crippen MR) is 130 cm³/mol. The molecule has 6 nitrogen and oxygen atoms in total. The van der Waals surface area contributed by atoms with Gasteiger partial charge in [-0.3, -0.25) is 4.79 Å². The van der Waals surface area contributed by atoms with Crippen molar-refractivity contribution in [2.45, 2.75) is 30.9 Å². The fourth-order valence-electron chi connectivity index (χ4n) is 5.64. The minimum atomic E-state index is -1.41. The summed E-state index contributed by atoms with van der Waals surface area (Å²) in [6.45, 7) is 0.940. The quantitative estimate of drug-likeness (QED) is 0.470. The van der Waals surface area contributed by atoms with Gasteiger partial charge in [0.2, 0.25) is 11.7 Å². The molecule has 3 aromatic carbocycles. The van der Waals surface area contributed by atoms with Gasteiger partial charge >= 0.3 is 0 Å². The van der Waals surface area contributed by atoms with Crippen LogP contribution in [0.15, 0.2) is 36.4 Å². The zero-order chi connectivity index (χ0) is 25.9. The molecule has 0 saturated carbocycles. The smallest absolute Gasteiger partial charge is 0.249 e. The number of fused-ring (bicyclic) bond motifs is 2. The third-order valence-corrected chi connectivity index (χ3v) is 7.63. The monoisotopic (exact) mass is 530 g/mol. The molecule has 192 valence electrons. The van der Waals surface area contributed by atoms with Crippen LogP contribution in [0.25, 0.3) is 11.1 Å². The second-order valence-electron chi connectivity index (χ2n) is 9.31. The summed E-state index contributed by atoms with van der Waals surface area (Å²) in [5.41, 5.74) is 4.48. The third kappa shape index (κ3) is 3.55. The molecule has 3 aliphatic rings. The Hall–Kier alpha value is -3.43. The van der Waals surface area contributed by atoms with Crippen molar-refractivity contribution in [1.29, 1.82) is 0 Å². The summed E-state index contributed by atoms with van der Waals surface area (Å²) >= 11 is 6.37. The molecule has 3 N–H and O–H groups in total. The topological polar surface area (TPSA) is 82.8 Å². The minimum Gasteiger partial charge on any atom is -0.486 e. The van der Waals surface area contributed by atoms with E-state index in [1.54, 1.807) is 0 Å². The summed E-state index contributed by atoms with van der Waals surface area (Å²) in [6.07, 6.45) is 1.63. The van der Waals surface area contributed by atoms with Crippen molar-refractivity contribution in [2.75, 3.05) is 19.8 Å². The fraction of sp³-hybridized carbons (Fsp3) is 0.296. The van der Waals surface area contributed by atoms with Crippen molar-refractivity contribution in [2.24, 2.45) is 5.73 Å². The molecule has 0 spiro atoms. The van der Waals surface area contributed by atoms with Gasteiger partial charge in [-0.05, 0) is 31.0 Å². The maximum Gasteiger partial charge on any atom is 0.249 e. The molecular weight excluding hydrogens is 509 g/mol. The predicted octanol–water partition coefficient (Wildman–Crippen LogP) is 4.88. The van der Waals surface area contributed by atoms with Crippen LogP contribution in [0.4, 0.5) is 13.2 Å². The SMILES string of the molecule is NC(=O)c1cc2c(c(F)c1-c1c(Cl)c(F)c(F)c3c1C[C@](c1ccccc1)([C@@H]1CCCN1)O3)OCCO2. The number of hydrogen-bond acceptors (Lipinski definition) is 5. The number of carbonyl (C=O) groups excluding carboxylic acids is 1. The molecule has 6 rings (SSSR count). The van der Waals surface area contributed by atoms with E-state index in [4.69, 9.17) is 31.5 Å². The van der Waals surface area contributed by atoms with Crippen molar-refractivity contribution in [1.82, 2.24) is 5.32 Å². The fourth-order valence-corrected chi connectivity index (χ4v) is 5.94. The van der Waals surface area contributed by atoms with E-state index in [9.17, 15) is 4.79 Å². The maximum absolute atomic E-state index is 16.0. The Kier molecular flexibility index (Phi) is 5.72. The Morgan fingerprint density at radius 3 is 2.49 bits per heavy atom. The first-order valence-electron chi connectivity index (χ1n) is 11.9. The largest absolute Gasteiger partial charge is 0.486 e. The van der Waals surface area contributed by atoms with Crippen molar-refractivity contribution in [3.05, 3.63) is 75.6 Å². The molecule has 1 saturated heterocycles. The molecule has 0 radical (unpaired) electrons. The molecule has 3 heterocycles. The number of halogens is 4. The highest BCUT2D eigenvalue weighted by Crippen LogP contribution is 2.54. The van der Waals surface area contributed by atoms with E-state index in [1.165, 1.54) is 6.07 Å². The van der Waals surface area contributed by atoms with Gasteiger partial charge in [0.1, 0.15) is 13.2 Å². The van der Waals surface area contributed by atoms with Crippen LogP contribution in [0.1, 0.15) is 34.3 Å². The average Bonchev–Trinajstić information content (AvgIpc) is 3.59. The lowest BCUT2D eigenvalue weighted by molar-refractivity contribution is 0.0502. The summed E-state index contributed by atoms with van der Waals surface area (Å²) in [6, 6.07) is 10.2. The Balaban J connectivity index is 1.63. The van der Waals surface area contributed by atoms with Crippen LogP contribution >= 0.6 is 11.6 Å². The van der Waals surface area contributed by atoms with Gasteiger partial charge in [-0.1, -0.05) is 41.9 Å². The van der Waals surface area contributed by atoms with Crippen molar-refractivity contribution in [3.8, 4) is 28.4 Å². The van der Waals surface area contributed by atoms with E-state index < -0.39 is 34.0 Å². The first-order valence-corrected chi connectivity index (χ1v) is 12.3. The highest BCUT2D eigenvalue weighted by atomic mass is 35.5. The van der Waals surface area contributed by atoms with E-state index in [0.717, 1.165) is 24.9 Å². The Morgan fingerprint density at radius 2 is 1.78 bits per heavy atom. The summed E-state index contributed by atoms with van der Waals surface area (Å²) < 4.78 is 63.9. The van der Waals surface area contributed by atoms with Crippen molar-refractivity contribution in [3.63, 3.8) is 0 Å². The van der Waals surface area contributed by atoms with Crippen LogP contribution in [-0.4, -0.2) is 31.7 Å². The molecule has 1 fully saturated rings. The second-order valence-corrected chi connectivity index (χ2v) is 9.69. The number of nitrogens with one attached hydrogen (secondary N) is 1. The molecule has 0 aliphatic carbocycles. The molecule has 1 amide bonds. The highest BCUT2D eigenvalue weighted by Gasteiger charge is 2.51. The first-order chi connectivity index (χ1) is 17.8. The van der Waals surface area contributed by atoms with Crippen molar-refractivity contribution < 1.29 is 32.2 Å². The zero-order valence-electron chi connectivity index (χ0n) is 19.5. The van der Waals surface area contributed by atoms with E-state index in [0.29, 0.717) is 0 Å². The number of rotatable bonds is 4. The number of ether oxygens (including phenoxy) is 3. The standard InChI is InChI=1S/C27H22ClF3N2O4/c28-20-18(19-14(26(32)34)11-16-25(21(19)29)36-10-9-35-16)15-12-27(17-7-4-8-33-17,13-5-2-1-3-6-13)37-24(15)23(31)22(20)30/h1-3,5-6,11,17,33H,4,7-10,12H2,(H2,32,34)/t17-,27-/m0/s1. The molecule has 0 unspecified atom stereocenters. The van der Waals surface area contributed by atoms with Gasteiger partial charge in [0.05, 0.1) is 16.6 Å². The van der Waals surface area contributed by atoms with Crippen LogP contribution < -0.4 is 25.3 Å². The second kappa shape index (κ2) is 8.85. The van der Waals surface area contributed by atoms with Gasteiger partial charge in [0, 0.05) is 23.1 Å². The Labute approximate surface area is 215 Å². The normalized spacial score (nSPS) is 22.0. The van der Waals surface area contributed by atoms with Crippen LogP contribution in [-0.2, 0) is 12.0 Å². The number of carbonyl (C=O) groups is 1. The summed E-state index contributed by atoms with van der Waals surface area (Å²) in [7, 11) is 0. The first kappa shape index (κ1) is 23.9.